The van der Waals surface area contributed by atoms with Crippen molar-refractivity contribution in [3.63, 3.8) is 0 Å². The van der Waals surface area contributed by atoms with E-state index in [1.807, 2.05) is 17.2 Å². The average molecular weight is 293 g/mol. The summed E-state index contributed by atoms with van der Waals surface area (Å²) in [7, 11) is 0. The number of nitrogens with zero attached hydrogens (tertiary/aromatic N) is 4. The van der Waals surface area contributed by atoms with Gasteiger partial charge in [-0.05, 0) is 6.07 Å². The second kappa shape index (κ2) is 4.78. The molecule has 3 rings (SSSR count). The van der Waals surface area contributed by atoms with Crippen molar-refractivity contribution in [1.29, 1.82) is 0 Å². The van der Waals surface area contributed by atoms with E-state index in [1.54, 1.807) is 10.2 Å². The Kier molecular flexibility index (Phi) is 3.11. The molecule has 0 aliphatic carbocycles. The van der Waals surface area contributed by atoms with Gasteiger partial charge in [-0.15, -0.1) is 11.8 Å². The summed E-state index contributed by atoms with van der Waals surface area (Å²) in [5.41, 5.74) is 6.06. The van der Waals surface area contributed by atoms with Crippen molar-refractivity contribution in [2.45, 2.75) is 0 Å². The van der Waals surface area contributed by atoms with Gasteiger partial charge in [0.05, 0.1) is 10.3 Å². The second-order valence-electron chi connectivity index (χ2n) is 3.99. The number of anilines is 1. The smallest absolute Gasteiger partial charge is 0.256 e. The van der Waals surface area contributed by atoms with Gasteiger partial charge in [0.2, 0.25) is 0 Å². The van der Waals surface area contributed by atoms with Gasteiger partial charge in [0.15, 0.2) is 5.65 Å². The van der Waals surface area contributed by atoms with Crippen LogP contribution in [0.5, 0.6) is 0 Å². The molecule has 0 atom stereocenters. The molecule has 0 saturated carbocycles. The van der Waals surface area contributed by atoms with Crippen molar-refractivity contribution < 1.29 is 4.79 Å². The summed E-state index contributed by atoms with van der Waals surface area (Å²) >= 11 is 5.74. The highest BCUT2D eigenvalue weighted by Gasteiger charge is 2.19. The summed E-state index contributed by atoms with van der Waals surface area (Å²) in [6, 6.07) is 1.90. The fourth-order valence-electron chi connectivity index (χ4n) is 1.95. The van der Waals surface area contributed by atoms with E-state index in [-0.39, 0.29) is 0 Å². The minimum Gasteiger partial charge on any atom is -0.365 e. The molecule has 0 saturated heterocycles. The lowest BCUT2D eigenvalue weighted by Gasteiger charge is -2.24. The van der Waals surface area contributed by atoms with Crippen LogP contribution >= 0.6 is 24.6 Å². The molecular weight excluding hydrogens is 282 g/mol. The maximum Gasteiger partial charge on any atom is 0.256 e. The minimum atomic E-state index is -0.410. The number of carbonyl (C=O) groups excluding carboxylic acids is 1. The van der Waals surface area contributed by atoms with Crippen LogP contribution in [0.1, 0.15) is 0 Å². The maximum atomic E-state index is 11.3. The molecule has 98 valence electrons. The van der Waals surface area contributed by atoms with E-state index in [0.717, 1.165) is 29.1 Å². The lowest BCUT2D eigenvalue weighted by atomic mass is 10.3. The molecule has 2 aromatic rings. The second-order valence-corrected chi connectivity index (χ2v) is 5.56. The number of primary amides is 1. The molecule has 3 heterocycles. The molecule has 6 nitrogen and oxygen atoms in total. The Morgan fingerprint density at radius 3 is 3.11 bits per heavy atom. The molecule has 0 radical (unpaired) electrons. The molecule has 1 aliphatic rings. The molecule has 0 spiro atoms. The van der Waals surface area contributed by atoms with Gasteiger partial charge in [-0.25, -0.2) is 9.97 Å². The number of carbonyl (C=O) groups is 1. The van der Waals surface area contributed by atoms with E-state index in [4.69, 9.17) is 5.73 Å². The number of aromatic nitrogens is 3. The normalized spacial score (nSPS) is 15.6. The van der Waals surface area contributed by atoms with Gasteiger partial charge in [-0.1, -0.05) is 12.8 Å². The topological polar surface area (TPSA) is 77.0 Å². The Morgan fingerprint density at radius 1 is 1.47 bits per heavy atom. The quantitative estimate of drug-likeness (QED) is 0.808. The summed E-state index contributed by atoms with van der Waals surface area (Å²) in [5.74, 6) is 1.14. The third-order valence-corrected chi connectivity index (χ3v) is 4.15. The molecule has 2 N–H and O–H groups in total. The SMILES string of the molecule is NC(=O)C1=CN(c2ncnc3c2ccn3S)CCS1. The van der Waals surface area contributed by atoms with Crippen LogP contribution in [-0.2, 0) is 4.79 Å². The number of rotatable bonds is 2. The molecule has 8 heteroatoms. The van der Waals surface area contributed by atoms with Crippen molar-refractivity contribution in [1.82, 2.24) is 13.9 Å². The zero-order chi connectivity index (χ0) is 13.4. The molecule has 2 aromatic heterocycles. The monoisotopic (exact) mass is 293 g/mol. The molecule has 1 aliphatic heterocycles. The summed E-state index contributed by atoms with van der Waals surface area (Å²) in [6.45, 7) is 0.769. The summed E-state index contributed by atoms with van der Waals surface area (Å²) in [6.07, 6.45) is 5.04. The molecular formula is C11H11N5OS2. The number of hydrogen-bond acceptors (Lipinski definition) is 6. The first kappa shape index (κ1) is 12.4. The van der Waals surface area contributed by atoms with E-state index in [2.05, 4.69) is 22.8 Å². The van der Waals surface area contributed by atoms with Gasteiger partial charge >= 0.3 is 0 Å². The Morgan fingerprint density at radius 2 is 2.32 bits per heavy atom. The van der Waals surface area contributed by atoms with Crippen molar-refractivity contribution in [3.05, 3.63) is 29.7 Å². The van der Waals surface area contributed by atoms with Crippen molar-refractivity contribution in [3.8, 4) is 0 Å². The van der Waals surface area contributed by atoms with Gasteiger partial charge in [0, 0.05) is 24.7 Å². The number of thioether (sulfide) groups is 1. The molecule has 19 heavy (non-hydrogen) atoms. The molecule has 0 fully saturated rings. The van der Waals surface area contributed by atoms with E-state index in [0.29, 0.717) is 4.91 Å². The highest BCUT2D eigenvalue weighted by atomic mass is 32.2. The fraction of sp³-hybridized carbons (Fsp3) is 0.182. The predicted octanol–water partition coefficient (Wildman–Crippen LogP) is 1.00. The number of thiol groups is 1. The van der Waals surface area contributed by atoms with E-state index in [1.165, 1.54) is 18.1 Å². The van der Waals surface area contributed by atoms with Gasteiger partial charge in [-0.2, -0.15) is 0 Å². The number of fused-ring (bicyclic) bond motifs is 1. The highest BCUT2D eigenvalue weighted by molar-refractivity contribution is 8.04. The zero-order valence-corrected chi connectivity index (χ0v) is 11.6. The van der Waals surface area contributed by atoms with Crippen LogP contribution in [0.25, 0.3) is 11.0 Å². The van der Waals surface area contributed by atoms with Gasteiger partial charge in [0.25, 0.3) is 5.91 Å². The third-order valence-electron chi connectivity index (χ3n) is 2.82. The highest BCUT2D eigenvalue weighted by Crippen LogP contribution is 2.29. The third kappa shape index (κ3) is 2.17. The summed E-state index contributed by atoms with van der Waals surface area (Å²) in [4.78, 5) is 22.2. The van der Waals surface area contributed by atoms with Crippen molar-refractivity contribution >= 4 is 47.3 Å². The Bertz CT molecular complexity index is 681. The van der Waals surface area contributed by atoms with Gasteiger partial charge in [0.1, 0.15) is 12.1 Å². The molecule has 1 amide bonds. The van der Waals surface area contributed by atoms with Crippen molar-refractivity contribution in [2.24, 2.45) is 5.73 Å². The first-order valence-corrected chi connectivity index (χ1v) is 6.98. The van der Waals surface area contributed by atoms with Crippen LogP contribution in [0, 0.1) is 0 Å². The van der Waals surface area contributed by atoms with E-state index in [9.17, 15) is 4.79 Å². The van der Waals surface area contributed by atoms with Crippen LogP contribution < -0.4 is 10.6 Å². The first-order chi connectivity index (χ1) is 9.16. The lowest BCUT2D eigenvalue weighted by Crippen LogP contribution is -2.27. The van der Waals surface area contributed by atoms with Crippen LogP contribution in [0.2, 0.25) is 0 Å². The Balaban J connectivity index is 2.09. The van der Waals surface area contributed by atoms with Crippen molar-refractivity contribution in [2.75, 3.05) is 17.2 Å². The Labute approximate surface area is 119 Å². The van der Waals surface area contributed by atoms with Gasteiger partial charge < -0.3 is 10.6 Å². The largest absolute Gasteiger partial charge is 0.365 e. The summed E-state index contributed by atoms with van der Waals surface area (Å²) in [5, 5.41) is 0.893. The van der Waals surface area contributed by atoms with E-state index >= 15 is 0 Å². The maximum absolute atomic E-state index is 11.3. The fourth-order valence-corrected chi connectivity index (χ4v) is 3.03. The minimum absolute atomic E-state index is 0.410. The molecule has 0 aromatic carbocycles. The lowest BCUT2D eigenvalue weighted by molar-refractivity contribution is -0.113. The zero-order valence-electron chi connectivity index (χ0n) is 9.85. The predicted molar refractivity (Wildman–Crippen MR) is 79.0 cm³/mol. The van der Waals surface area contributed by atoms with E-state index < -0.39 is 5.91 Å². The number of nitrogens with two attached hydrogens (primary N) is 1. The van der Waals surface area contributed by atoms with Crippen LogP contribution in [0.3, 0.4) is 0 Å². The van der Waals surface area contributed by atoms with Crippen LogP contribution in [-0.4, -0.2) is 32.1 Å². The number of hydrogen-bond donors (Lipinski definition) is 2. The number of amides is 1. The average Bonchev–Trinajstić information content (AvgIpc) is 2.81. The summed E-state index contributed by atoms with van der Waals surface area (Å²) < 4.78 is 1.64. The first-order valence-electron chi connectivity index (χ1n) is 5.59. The van der Waals surface area contributed by atoms with Crippen LogP contribution in [0.4, 0.5) is 5.82 Å². The molecule has 0 bridgehead atoms. The standard InChI is InChI=1S/C11H11N5OS2/c12-9(17)8-5-15(3-4-19-8)10-7-1-2-16(18)11(7)14-6-13-10/h1-2,5-6,18H,3-4H2,(H2,12,17). The van der Waals surface area contributed by atoms with Gasteiger partial charge in [-0.3, -0.25) is 8.77 Å². The molecule has 0 unspecified atom stereocenters. The van der Waals surface area contributed by atoms with Crippen LogP contribution in [0.15, 0.2) is 29.7 Å². The Hall–Kier alpha value is -1.67.